The lowest BCUT2D eigenvalue weighted by Crippen LogP contribution is -2.13. The summed E-state index contributed by atoms with van der Waals surface area (Å²) >= 11 is 0. The summed E-state index contributed by atoms with van der Waals surface area (Å²) in [5, 5.41) is 15.4. The number of nitriles is 1. The minimum Gasteiger partial charge on any atom is -0.382 e. The molecule has 0 atom stereocenters. The van der Waals surface area contributed by atoms with Crippen LogP contribution in [0.4, 0.5) is 5.82 Å². The van der Waals surface area contributed by atoms with Crippen molar-refractivity contribution in [2.45, 2.75) is 39.2 Å². The van der Waals surface area contributed by atoms with E-state index >= 15 is 0 Å². The molecule has 0 aliphatic carbocycles. The Balaban J connectivity index is 2.25. The van der Waals surface area contributed by atoms with Crippen LogP contribution in [0.15, 0.2) is 12.3 Å². The normalized spacial score (nSPS) is 10.1. The summed E-state index contributed by atoms with van der Waals surface area (Å²) in [6.07, 6.45) is 4.22. The van der Waals surface area contributed by atoms with Gasteiger partial charge in [-0.3, -0.25) is 9.48 Å². The second-order valence-electron chi connectivity index (χ2n) is 4.07. The van der Waals surface area contributed by atoms with Crippen LogP contribution in [-0.2, 0) is 16.1 Å². The van der Waals surface area contributed by atoms with Gasteiger partial charge < -0.3 is 10.1 Å². The number of aromatic nitrogens is 2. The number of hydrogen-bond acceptors (Lipinski definition) is 4. The summed E-state index contributed by atoms with van der Waals surface area (Å²) in [7, 11) is 0. The molecule has 104 valence electrons. The van der Waals surface area contributed by atoms with Crippen molar-refractivity contribution < 1.29 is 9.53 Å². The third kappa shape index (κ3) is 6.58. The number of amides is 1. The summed E-state index contributed by atoms with van der Waals surface area (Å²) in [5.74, 6) is 0.500. The number of anilines is 1. The van der Waals surface area contributed by atoms with Gasteiger partial charge in [0.25, 0.3) is 0 Å². The van der Waals surface area contributed by atoms with Crippen molar-refractivity contribution in [2.24, 2.45) is 0 Å². The number of carbonyl (C=O) groups excluding carboxylic acids is 1. The highest BCUT2D eigenvalue weighted by atomic mass is 16.5. The highest BCUT2D eigenvalue weighted by Crippen LogP contribution is 2.05. The van der Waals surface area contributed by atoms with Crippen molar-refractivity contribution in [2.75, 3.05) is 18.5 Å². The molecule has 0 radical (unpaired) electrons. The van der Waals surface area contributed by atoms with Gasteiger partial charge in [-0.15, -0.1) is 0 Å². The van der Waals surface area contributed by atoms with Crippen molar-refractivity contribution >= 4 is 11.7 Å². The van der Waals surface area contributed by atoms with E-state index in [1.165, 1.54) is 0 Å². The Kier molecular flexibility index (Phi) is 7.28. The fourth-order valence-corrected chi connectivity index (χ4v) is 1.56. The molecule has 19 heavy (non-hydrogen) atoms. The van der Waals surface area contributed by atoms with Crippen molar-refractivity contribution in [3.8, 4) is 6.07 Å². The standard InChI is InChI=1S/C13H20N4O2/c1-2-19-11-5-6-13(18)15-12-7-10-17(16-12)9-4-3-8-14/h7,10H,2-6,9,11H2,1H3,(H,15,16,18). The Hall–Kier alpha value is -1.87. The van der Waals surface area contributed by atoms with Gasteiger partial charge in [-0.05, 0) is 19.8 Å². The summed E-state index contributed by atoms with van der Waals surface area (Å²) in [4.78, 5) is 11.6. The molecule has 1 rings (SSSR count). The minimum atomic E-state index is -0.0537. The maximum absolute atomic E-state index is 11.6. The number of hydrogen-bond donors (Lipinski definition) is 1. The molecule has 1 aromatic rings. The Bertz CT molecular complexity index is 423. The zero-order valence-electron chi connectivity index (χ0n) is 11.3. The maximum Gasteiger partial charge on any atom is 0.225 e. The highest BCUT2D eigenvalue weighted by Gasteiger charge is 2.04. The van der Waals surface area contributed by atoms with E-state index in [1.54, 1.807) is 16.9 Å². The molecule has 0 spiro atoms. The van der Waals surface area contributed by atoms with Crippen LogP contribution in [0.5, 0.6) is 0 Å². The van der Waals surface area contributed by atoms with E-state index in [0.717, 1.165) is 6.42 Å². The first-order valence-electron chi connectivity index (χ1n) is 6.54. The number of ether oxygens (including phenoxy) is 1. The monoisotopic (exact) mass is 264 g/mol. The van der Waals surface area contributed by atoms with Gasteiger partial charge in [-0.1, -0.05) is 0 Å². The fraction of sp³-hybridized carbons (Fsp3) is 0.615. The topological polar surface area (TPSA) is 79.9 Å². The minimum absolute atomic E-state index is 0.0537. The number of nitrogens with zero attached hydrogens (tertiary/aromatic N) is 3. The summed E-state index contributed by atoms with van der Waals surface area (Å²) in [6.45, 7) is 3.90. The molecule has 0 aliphatic heterocycles. The third-order valence-electron chi connectivity index (χ3n) is 2.48. The van der Waals surface area contributed by atoms with Gasteiger partial charge in [0, 0.05) is 44.9 Å². The van der Waals surface area contributed by atoms with Crippen LogP contribution < -0.4 is 5.32 Å². The quantitative estimate of drug-likeness (QED) is 0.691. The number of unbranched alkanes of at least 4 members (excludes halogenated alkanes) is 1. The molecule has 0 saturated carbocycles. The Morgan fingerprint density at radius 3 is 3.16 bits per heavy atom. The van der Waals surface area contributed by atoms with E-state index in [4.69, 9.17) is 10.00 Å². The van der Waals surface area contributed by atoms with Crippen molar-refractivity contribution in [3.63, 3.8) is 0 Å². The highest BCUT2D eigenvalue weighted by molar-refractivity contribution is 5.89. The van der Waals surface area contributed by atoms with Crippen LogP contribution in [0, 0.1) is 11.3 Å². The molecular weight excluding hydrogens is 244 g/mol. The van der Waals surface area contributed by atoms with E-state index in [2.05, 4.69) is 16.5 Å². The second-order valence-corrected chi connectivity index (χ2v) is 4.07. The Morgan fingerprint density at radius 2 is 2.42 bits per heavy atom. The van der Waals surface area contributed by atoms with Gasteiger partial charge in [-0.25, -0.2) is 0 Å². The SMILES string of the molecule is CCOCCCC(=O)Nc1ccn(CCCC#N)n1. The predicted octanol–water partition coefficient (Wildman–Crippen LogP) is 1.94. The molecule has 0 unspecified atom stereocenters. The molecule has 0 bridgehead atoms. The number of aryl methyl sites for hydroxylation is 1. The van der Waals surface area contributed by atoms with Crippen molar-refractivity contribution in [1.29, 1.82) is 5.26 Å². The van der Waals surface area contributed by atoms with E-state index in [0.29, 0.717) is 44.8 Å². The number of nitrogens with one attached hydrogen (secondary N) is 1. The first kappa shape index (κ1) is 15.2. The first-order valence-corrected chi connectivity index (χ1v) is 6.54. The molecular formula is C13H20N4O2. The largest absolute Gasteiger partial charge is 0.382 e. The molecule has 1 aromatic heterocycles. The van der Waals surface area contributed by atoms with Gasteiger partial charge >= 0.3 is 0 Å². The summed E-state index contributed by atoms with van der Waals surface area (Å²) in [5.41, 5.74) is 0. The molecule has 0 fully saturated rings. The van der Waals surface area contributed by atoms with Crippen molar-refractivity contribution in [3.05, 3.63) is 12.3 Å². The van der Waals surface area contributed by atoms with E-state index in [9.17, 15) is 4.79 Å². The molecule has 1 amide bonds. The number of rotatable bonds is 9. The lowest BCUT2D eigenvalue weighted by atomic mass is 10.3. The molecule has 1 heterocycles. The van der Waals surface area contributed by atoms with Gasteiger partial charge in [0.2, 0.25) is 5.91 Å². The van der Waals surface area contributed by atoms with Gasteiger partial charge in [0.05, 0.1) is 6.07 Å². The van der Waals surface area contributed by atoms with E-state index < -0.39 is 0 Å². The molecule has 6 nitrogen and oxygen atoms in total. The Labute approximate surface area is 113 Å². The van der Waals surface area contributed by atoms with Crippen LogP contribution in [0.3, 0.4) is 0 Å². The zero-order valence-corrected chi connectivity index (χ0v) is 11.3. The van der Waals surface area contributed by atoms with Gasteiger partial charge in [0.1, 0.15) is 0 Å². The predicted molar refractivity (Wildman–Crippen MR) is 71.4 cm³/mol. The van der Waals surface area contributed by atoms with Crippen LogP contribution in [0.25, 0.3) is 0 Å². The van der Waals surface area contributed by atoms with Crippen molar-refractivity contribution in [1.82, 2.24) is 9.78 Å². The van der Waals surface area contributed by atoms with Gasteiger partial charge in [0.15, 0.2) is 5.82 Å². The smallest absolute Gasteiger partial charge is 0.225 e. The zero-order chi connectivity index (χ0) is 13.9. The Morgan fingerprint density at radius 1 is 1.58 bits per heavy atom. The third-order valence-corrected chi connectivity index (χ3v) is 2.48. The molecule has 0 aliphatic rings. The van der Waals surface area contributed by atoms with Gasteiger partial charge in [-0.2, -0.15) is 10.4 Å². The molecule has 0 saturated heterocycles. The summed E-state index contributed by atoms with van der Waals surface area (Å²) < 4.78 is 6.90. The molecule has 0 aromatic carbocycles. The average molecular weight is 264 g/mol. The van der Waals surface area contributed by atoms with Crippen LogP contribution in [0.1, 0.15) is 32.6 Å². The first-order chi connectivity index (χ1) is 9.26. The molecule has 1 N–H and O–H groups in total. The second kappa shape index (κ2) is 9.11. The number of carbonyl (C=O) groups is 1. The lowest BCUT2D eigenvalue weighted by Gasteiger charge is -2.02. The maximum atomic E-state index is 11.6. The van der Waals surface area contributed by atoms with E-state index in [1.807, 2.05) is 6.92 Å². The van der Waals surface area contributed by atoms with Crippen LogP contribution in [0.2, 0.25) is 0 Å². The molecule has 6 heteroatoms. The van der Waals surface area contributed by atoms with E-state index in [-0.39, 0.29) is 5.91 Å². The summed E-state index contributed by atoms with van der Waals surface area (Å²) in [6, 6.07) is 3.84. The van der Waals surface area contributed by atoms with Crippen LogP contribution in [-0.4, -0.2) is 28.9 Å². The van der Waals surface area contributed by atoms with Crippen LogP contribution >= 0.6 is 0 Å². The fourth-order valence-electron chi connectivity index (χ4n) is 1.56. The average Bonchev–Trinajstić information content (AvgIpc) is 2.83. The lowest BCUT2D eigenvalue weighted by molar-refractivity contribution is -0.116.